The Bertz CT molecular complexity index is 472. The summed E-state index contributed by atoms with van der Waals surface area (Å²) in [5.41, 5.74) is 1.19. The van der Waals surface area contributed by atoms with E-state index in [-0.39, 0.29) is 0 Å². The first-order valence-corrected chi connectivity index (χ1v) is 6.28. The first kappa shape index (κ1) is 9.36. The standard InChI is InChI=1S/C10H10ClN3S/c11-5-8-6-12-10(15-8)14-4-3-9(13-14)7-1-2-7/h3-4,6-7H,1-2,5H2. The Morgan fingerprint density at radius 3 is 3.07 bits per heavy atom. The fourth-order valence-electron chi connectivity index (χ4n) is 1.51. The van der Waals surface area contributed by atoms with Gasteiger partial charge in [0.05, 0.1) is 11.6 Å². The van der Waals surface area contributed by atoms with Crippen LogP contribution in [-0.4, -0.2) is 14.8 Å². The molecule has 2 heterocycles. The van der Waals surface area contributed by atoms with Crippen LogP contribution in [0.3, 0.4) is 0 Å². The zero-order chi connectivity index (χ0) is 10.3. The molecule has 78 valence electrons. The van der Waals surface area contributed by atoms with Crippen molar-refractivity contribution in [2.45, 2.75) is 24.6 Å². The molecule has 2 aromatic heterocycles. The van der Waals surface area contributed by atoms with Crippen molar-refractivity contribution in [3.8, 4) is 5.13 Å². The van der Waals surface area contributed by atoms with E-state index in [1.807, 2.05) is 17.1 Å². The topological polar surface area (TPSA) is 30.7 Å². The number of rotatable bonds is 3. The maximum absolute atomic E-state index is 5.73. The van der Waals surface area contributed by atoms with Crippen molar-refractivity contribution in [2.24, 2.45) is 0 Å². The molecule has 0 aromatic carbocycles. The molecule has 0 amide bonds. The van der Waals surface area contributed by atoms with E-state index in [9.17, 15) is 0 Å². The van der Waals surface area contributed by atoms with Crippen molar-refractivity contribution < 1.29 is 0 Å². The van der Waals surface area contributed by atoms with Crippen LogP contribution in [0.15, 0.2) is 18.5 Å². The predicted octanol–water partition coefficient (Wildman–Crippen LogP) is 2.95. The number of aromatic nitrogens is 3. The van der Waals surface area contributed by atoms with Gasteiger partial charge >= 0.3 is 0 Å². The van der Waals surface area contributed by atoms with E-state index in [0.29, 0.717) is 11.8 Å². The van der Waals surface area contributed by atoms with Crippen LogP contribution in [0, 0.1) is 0 Å². The maximum Gasteiger partial charge on any atom is 0.210 e. The van der Waals surface area contributed by atoms with Gasteiger partial charge in [-0.25, -0.2) is 9.67 Å². The fraction of sp³-hybridized carbons (Fsp3) is 0.400. The summed E-state index contributed by atoms with van der Waals surface area (Å²) in [5, 5.41) is 5.41. The molecule has 3 nitrogen and oxygen atoms in total. The van der Waals surface area contributed by atoms with Crippen LogP contribution in [-0.2, 0) is 5.88 Å². The van der Waals surface area contributed by atoms with Crippen molar-refractivity contribution in [3.63, 3.8) is 0 Å². The highest BCUT2D eigenvalue weighted by Gasteiger charge is 2.26. The quantitative estimate of drug-likeness (QED) is 0.771. The van der Waals surface area contributed by atoms with E-state index in [4.69, 9.17) is 11.6 Å². The van der Waals surface area contributed by atoms with Crippen molar-refractivity contribution in [1.82, 2.24) is 14.8 Å². The van der Waals surface area contributed by atoms with Gasteiger partial charge < -0.3 is 0 Å². The van der Waals surface area contributed by atoms with Gasteiger partial charge in [-0.15, -0.1) is 11.6 Å². The summed E-state index contributed by atoms with van der Waals surface area (Å²) in [6.07, 6.45) is 6.35. The largest absolute Gasteiger partial charge is 0.227 e. The first-order chi connectivity index (χ1) is 7.36. The lowest BCUT2D eigenvalue weighted by molar-refractivity contribution is 0.830. The van der Waals surface area contributed by atoms with E-state index in [2.05, 4.69) is 16.1 Å². The number of hydrogen-bond donors (Lipinski definition) is 0. The summed E-state index contributed by atoms with van der Waals surface area (Å²) < 4.78 is 1.84. The Labute approximate surface area is 96.7 Å². The Balaban J connectivity index is 1.90. The van der Waals surface area contributed by atoms with Crippen molar-refractivity contribution >= 4 is 22.9 Å². The lowest BCUT2D eigenvalue weighted by atomic mass is 10.3. The average molecular weight is 240 g/mol. The van der Waals surface area contributed by atoms with Gasteiger partial charge in [0.1, 0.15) is 0 Å². The average Bonchev–Trinajstić information content (AvgIpc) is 2.84. The van der Waals surface area contributed by atoms with Gasteiger partial charge in [-0.1, -0.05) is 11.3 Å². The van der Waals surface area contributed by atoms with Crippen LogP contribution >= 0.6 is 22.9 Å². The monoisotopic (exact) mass is 239 g/mol. The van der Waals surface area contributed by atoms with Gasteiger partial charge in [0.2, 0.25) is 5.13 Å². The molecular weight excluding hydrogens is 230 g/mol. The zero-order valence-corrected chi connectivity index (χ0v) is 9.63. The molecule has 15 heavy (non-hydrogen) atoms. The lowest BCUT2D eigenvalue weighted by Gasteiger charge is -1.93. The predicted molar refractivity (Wildman–Crippen MR) is 60.8 cm³/mol. The third-order valence-corrected chi connectivity index (χ3v) is 3.91. The number of halogens is 1. The van der Waals surface area contributed by atoms with E-state index in [1.165, 1.54) is 18.5 Å². The molecule has 0 spiro atoms. The highest BCUT2D eigenvalue weighted by Crippen LogP contribution is 2.39. The Kier molecular flexibility index (Phi) is 2.25. The molecule has 2 aromatic rings. The molecular formula is C10H10ClN3S. The number of thiazole rings is 1. The second-order valence-electron chi connectivity index (χ2n) is 3.70. The van der Waals surface area contributed by atoms with Crippen molar-refractivity contribution in [1.29, 1.82) is 0 Å². The first-order valence-electron chi connectivity index (χ1n) is 4.93. The highest BCUT2D eigenvalue weighted by atomic mass is 35.5. The molecule has 1 aliphatic carbocycles. The smallest absolute Gasteiger partial charge is 0.210 e. The molecule has 0 radical (unpaired) electrons. The lowest BCUT2D eigenvalue weighted by Crippen LogP contribution is -1.94. The number of alkyl halides is 1. The molecule has 0 unspecified atom stereocenters. The van der Waals surface area contributed by atoms with Crippen LogP contribution in [0.25, 0.3) is 5.13 Å². The van der Waals surface area contributed by atoms with Gasteiger partial charge in [-0.3, -0.25) is 0 Å². The van der Waals surface area contributed by atoms with E-state index in [1.54, 1.807) is 11.3 Å². The third kappa shape index (κ3) is 1.79. The van der Waals surface area contributed by atoms with Crippen LogP contribution < -0.4 is 0 Å². The van der Waals surface area contributed by atoms with Crippen LogP contribution in [0.4, 0.5) is 0 Å². The van der Waals surface area contributed by atoms with Crippen molar-refractivity contribution in [2.75, 3.05) is 0 Å². The van der Waals surface area contributed by atoms with E-state index >= 15 is 0 Å². The zero-order valence-electron chi connectivity index (χ0n) is 8.06. The molecule has 1 fully saturated rings. The molecule has 0 bridgehead atoms. The van der Waals surface area contributed by atoms with Gasteiger partial charge in [0, 0.05) is 23.2 Å². The summed E-state index contributed by atoms with van der Waals surface area (Å²) in [6.45, 7) is 0. The summed E-state index contributed by atoms with van der Waals surface area (Å²) in [6, 6.07) is 2.08. The van der Waals surface area contributed by atoms with Crippen molar-refractivity contribution in [3.05, 3.63) is 29.0 Å². The minimum atomic E-state index is 0.522. The highest BCUT2D eigenvalue weighted by molar-refractivity contribution is 7.14. The van der Waals surface area contributed by atoms with Crippen LogP contribution in [0.1, 0.15) is 29.3 Å². The SMILES string of the molecule is ClCc1cnc(-n2ccc(C3CC3)n2)s1. The molecule has 5 heteroatoms. The number of nitrogens with zero attached hydrogens (tertiary/aromatic N) is 3. The summed E-state index contributed by atoms with van der Waals surface area (Å²) in [4.78, 5) is 5.36. The number of hydrogen-bond acceptors (Lipinski definition) is 3. The Morgan fingerprint density at radius 2 is 2.40 bits per heavy atom. The maximum atomic E-state index is 5.73. The normalized spacial score (nSPS) is 15.8. The minimum Gasteiger partial charge on any atom is -0.227 e. The van der Waals surface area contributed by atoms with Gasteiger partial charge in [-0.2, -0.15) is 5.10 Å². The van der Waals surface area contributed by atoms with E-state index in [0.717, 1.165) is 10.0 Å². The second-order valence-corrected chi connectivity index (χ2v) is 5.06. The molecule has 0 N–H and O–H groups in total. The molecule has 0 atom stereocenters. The molecule has 0 aliphatic heterocycles. The summed E-state index contributed by atoms with van der Waals surface area (Å²) in [7, 11) is 0. The summed E-state index contributed by atoms with van der Waals surface area (Å²) >= 11 is 7.32. The molecule has 0 saturated heterocycles. The molecule has 1 saturated carbocycles. The van der Waals surface area contributed by atoms with Gasteiger partial charge in [0.25, 0.3) is 0 Å². The van der Waals surface area contributed by atoms with Gasteiger partial charge in [0.15, 0.2) is 0 Å². The minimum absolute atomic E-state index is 0.522. The fourth-order valence-corrected chi connectivity index (χ4v) is 2.43. The van der Waals surface area contributed by atoms with E-state index < -0.39 is 0 Å². The molecule has 3 rings (SSSR count). The van der Waals surface area contributed by atoms with Gasteiger partial charge in [-0.05, 0) is 18.9 Å². The second kappa shape index (κ2) is 3.61. The van der Waals surface area contributed by atoms with Crippen LogP contribution in [0.5, 0.6) is 0 Å². The van der Waals surface area contributed by atoms with Crippen LogP contribution in [0.2, 0.25) is 0 Å². The third-order valence-electron chi connectivity index (χ3n) is 2.47. The Hall–Kier alpha value is -0.870. The molecule has 1 aliphatic rings. The summed E-state index contributed by atoms with van der Waals surface area (Å²) in [5.74, 6) is 1.22. The Morgan fingerprint density at radius 1 is 1.53 bits per heavy atom.